The van der Waals surface area contributed by atoms with Crippen molar-refractivity contribution in [3.8, 4) is 0 Å². The molecule has 1 saturated heterocycles. The zero-order valence-corrected chi connectivity index (χ0v) is 18.8. The Morgan fingerprint density at radius 2 is 1.68 bits per heavy atom. The molecule has 1 N–H and O–H groups in total. The number of ether oxygens (including phenoxy) is 1. The maximum Gasteiger partial charge on any atom is 0.338 e. The summed E-state index contributed by atoms with van der Waals surface area (Å²) in [7, 11) is -3.56. The van der Waals surface area contributed by atoms with E-state index in [0.717, 1.165) is 44.9 Å². The van der Waals surface area contributed by atoms with Gasteiger partial charge in [-0.1, -0.05) is 24.5 Å². The topological polar surface area (TPSA) is 92.8 Å². The minimum atomic E-state index is -3.56. The van der Waals surface area contributed by atoms with Gasteiger partial charge in [0.15, 0.2) is 6.61 Å². The highest BCUT2D eigenvalue weighted by molar-refractivity contribution is 7.89. The lowest BCUT2D eigenvalue weighted by molar-refractivity contribution is -0.124. The summed E-state index contributed by atoms with van der Waals surface area (Å²) in [5.74, 6) is -0.992. The molecule has 170 valence electrons. The Morgan fingerprint density at radius 3 is 2.32 bits per heavy atom. The molecule has 1 heterocycles. The number of nitrogens with zero attached hydrogens (tertiary/aromatic N) is 1. The van der Waals surface area contributed by atoms with Crippen LogP contribution in [0.2, 0.25) is 0 Å². The quantitative estimate of drug-likeness (QED) is 0.486. The molecule has 0 spiro atoms. The van der Waals surface area contributed by atoms with E-state index in [2.05, 4.69) is 11.4 Å². The second-order valence-electron chi connectivity index (χ2n) is 8.13. The molecule has 2 aliphatic rings. The monoisotopic (exact) mass is 448 g/mol. The number of amides is 1. The molecule has 1 aromatic rings. The van der Waals surface area contributed by atoms with E-state index in [1.807, 2.05) is 0 Å². The number of benzene rings is 1. The Morgan fingerprint density at radius 1 is 0.968 bits per heavy atom. The summed E-state index contributed by atoms with van der Waals surface area (Å²) in [5.41, 5.74) is 1.59. The molecule has 0 radical (unpaired) electrons. The van der Waals surface area contributed by atoms with Gasteiger partial charge in [-0.05, 0) is 69.2 Å². The molecule has 0 atom stereocenters. The lowest BCUT2D eigenvalue weighted by atomic mass is 9.97. The van der Waals surface area contributed by atoms with Crippen LogP contribution in [0.15, 0.2) is 40.8 Å². The van der Waals surface area contributed by atoms with Gasteiger partial charge in [-0.3, -0.25) is 4.79 Å². The van der Waals surface area contributed by atoms with Crippen LogP contribution < -0.4 is 5.32 Å². The second-order valence-corrected chi connectivity index (χ2v) is 10.1. The third kappa shape index (κ3) is 6.90. The number of carbonyl (C=O) groups excluding carboxylic acids is 2. The average Bonchev–Trinajstić information content (AvgIpc) is 3.08. The van der Waals surface area contributed by atoms with E-state index in [9.17, 15) is 18.0 Å². The van der Waals surface area contributed by atoms with Crippen molar-refractivity contribution in [1.82, 2.24) is 9.62 Å². The molecule has 3 rings (SSSR count). The molecule has 7 nitrogen and oxygen atoms in total. The van der Waals surface area contributed by atoms with Gasteiger partial charge in [-0.15, -0.1) is 0 Å². The van der Waals surface area contributed by atoms with E-state index in [-0.39, 0.29) is 23.0 Å². The summed E-state index contributed by atoms with van der Waals surface area (Å²) < 4.78 is 32.2. The molecule has 1 fully saturated rings. The summed E-state index contributed by atoms with van der Waals surface area (Å²) in [6.07, 6.45) is 11.5. The van der Waals surface area contributed by atoms with Crippen LogP contribution in [0, 0.1) is 0 Å². The van der Waals surface area contributed by atoms with Crippen LogP contribution in [0.3, 0.4) is 0 Å². The molecule has 1 aliphatic heterocycles. The molecule has 0 unspecified atom stereocenters. The van der Waals surface area contributed by atoms with Crippen LogP contribution in [0.1, 0.15) is 68.1 Å². The number of hydrogen-bond donors (Lipinski definition) is 1. The first-order valence-corrected chi connectivity index (χ1v) is 12.6. The van der Waals surface area contributed by atoms with Crippen LogP contribution in [-0.2, 0) is 19.6 Å². The third-order valence-corrected chi connectivity index (χ3v) is 7.69. The number of hydrogen-bond acceptors (Lipinski definition) is 5. The Labute approximate surface area is 184 Å². The molecular weight excluding hydrogens is 416 g/mol. The first-order chi connectivity index (χ1) is 15.0. The minimum Gasteiger partial charge on any atom is -0.452 e. The first-order valence-electron chi connectivity index (χ1n) is 11.2. The van der Waals surface area contributed by atoms with Gasteiger partial charge in [0, 0.05) is 19.6 Å². The highest BCUT2D eigenvalue weighted by atomic mass is 32.2. The van der Waals surface area contributed by atoms with Crippen molar-refractivity contribution in [2.75, 3.05) is 26.2 Å². The second kappa shape index (κ2) is 11.4. The van der Waals surface area contributed by atoms with Gasteiger partial charge in [0.1, 0.15) is 0 Å². The zero-order valence-electron chi connectivity index (χ0n) is 18.0. The fraction of sp³-hybridized carbons (Fsp3) is 0.565. The SMILES string of the molecule is O=C(COC(=O)c1ccc(S(=O)(=O)N2CCCCCC2)cc1)NCCC1=CCCCC1. The highest BCUT2D eigenvalue weighted by Gasteiger charge is 2.25. The fourth-order valence-corrected chi connectivity index (χ4v) is 5.47. The van der Waals surface area contributed by atoms with E-state index in [1.54, 1.807) is 0 Å². The van der Waals surface area contributed by atoms with Gasteiger partial charge < -0.3 is 10.1 Å². The van der Waals surface area contributed by atoms with Crippen molar-refractivity contribution in [1.29, 1.82) is 0 Å². The van der Waals surface area contributed by atoms with Gasteiger partial charge in [0.05, 0.1) is 10.5 Å². The summed E-state index contributed by atoms with van der Waals surface area (Å²) in [6.45, 7) is 1.23. The maximum atomic E-state index is 12.8. The molecule has 1 aliphatic carbocycles. The van der Waals surface area contributed by atoms with Crippen molar-refractivity contribution in [3.63, 3.8) is 0 Å². The van der Waals surface area contributed by atoms with Crippen LogP contribution in [0.4, 0.5) is 0 Å². The largest absolute Gasteiger partial charge is 0.452 e. The predicted molar refractivity (Wildman–Crippen MR) is 118 cm³/mol. The predicted octanol–water partition coefficient (Wildman–Crippen LogP) is 3.41. The molecule has 0 saturated carbocycles. The molecular formula is C23H32N2O5S. The summed E-state index contributed by atoms with van der Waals surface area (Å²) in [4.78, 5) is 24.3. The van der Waals surface area contributed by atoms with Gasteiger partial charge in [0.25, 0.3) is 5.91 Å². The van der Waals surface area contributed by atoms with Crippen molar-refractivity contribution in [3.05, 3.63) is 41.5 Å². The fourth-order valence-electron chi connectivity index (χ4n) is 3.95. The van der Waals surface area contributed by atoms with Crippen LogP contribution in [0.25, 0.3) is 0 Å². The van der Waals surface area contributed by atoms with Gasteiger partial charge >= 0.3 is 5.97 Å². The van der Waals surface area contributed by atoms with Crippen LogP contribution in [-0.4, -0.2) is 50.8 Å². The standard InChI is InChI=1S/C23H32N2O5S/c26-22(24-15-14-19-8-4-3-5-9-19)18-30-23(27)20-10-12-21(13-11-20)31(28,29)25-16-6-1-2-7-17-25/h8,10-13H,1-7,9,14-18H2,(H,24,26). The lowest BCUT2D eigenvalue weighted by Crippen LogP contribution is -2.32. The maximum absolute atomic E-state index is 12.8. The average molecular weight is 449 g/mol. The number of allylic oxidation sites excluding steroid dienone is 1. The summed E-state index contributed by atoms with van der Waals surface area (Å²) >= 11 is 0. The molecule has 31 heavy (non-hydrogen) atoms. The van der Waals surface area contributed by atoms with E-state index in [1.165, 1.54) is 47.0 Å². The van der Waals surface area contributed by atoms with Crippen molar-refractivity contribution >= 4 is 21.9 Å². The Bertz CT molecular complexity index is 885. The van der Waals surface area contributed by atoms with Crippen molar-refractivity contribution in [2.45, 2.75) is 62.7 Å². The smallest absolute Gasteiger partial charge is 0.338 e. The number of rotatable bonds is 8. The van der Waals surface area contributed by atoms with Crippen molar-refractivity contribution in [2.24, 2.45) is 0 Å². The van der Waals surface area contributed by atoms with E-state index >= 15 is 0 Å². The number of carbonyl (C=O) groups is 2. The lowest BCUT2D eigenvalue weighted by Gasteiger charge is -2.20. The molecule has 0 aromatic heterocycles. The van der Waals surface area contributed by atoms with Crippen LogP contribution in [0.5, 0.6) is 0 Å². The highest BCUT2D eigenvalue weighted by Crippen LogP contribution is 2.21. The number of esters is 1. The first kappa shape index (κ1) is 23.5. The van der Waals surface area contributed by atoms with E-state index in [0.29, 0.717) is 19.6 Å². The molecule has 8 heteroatoms. The number of nitrogens with one attached hydrogen (secondary N) is 1. The normalized spacial score (nSPS) is 18.0. The Balaban J connectivity index is 1.46. The van der Waals surface area contributed by atoms with E-state index < -0.39 is 16.0 Å². The number of sulfonamides is 1. The zero-order chi connectivity index (χ0) is 22.1. The molecule has 1 aromatic carbocycles. The van der Waals surface area contributed by atoms with E-state index in [4.69, 9.17) is 4.74 Å². The minimum absolute atomic E-state index is 0.167. The van der Waals surface area contributed by atoms with Gasteiger partial charge in [0.2, 0.25) is 10.0 Å². The van der Waals surface area contributed by atoms with Gasteiger partial charge in [-0.2, -0.15) is 4.31 Å². The molecule has 1 amide bonds. The summed E-state index contributed by atoms with van der Waals surface area (Å²) in [6, 6.07) is 5.71. The molecule has 0 bridgehead atoms. The van der Waals surface area contributed by atoms with Crippen LogP contribution >= 0.6 is 0 Å². The van der Waals surface area contributed by atoms with Gasteiger partial charge in [-0.25, -0.2) is 13.2 Å². The third-order valence-electron chi connectivity index (χ3n) is 5.78. The Hall–Kier alpha value is -2.19. The van der Waals surface area contributed by atoms with Crippen molar-refractivity contribution < 1.29 is 22.7 Å². The Kier molecular flexibility index (Phi) is 8.66. The summed E-state index contributed by atoms with van der Waals surface area (Å²) in [5, 5.41) is 2.77.